The highest BCUT2D eigenvalue weighted by molar-refractivity contribution is 5.94. The summed E-state index contributed by atoms with van der Waals surface area (Å²) in [4.78, 5) is 11.8. The van der Waals surface area contributed by atoms with Gasteiger partial charge in [-0.15, -0.1) is 0 Å². The second-order valence-electron chi connectivity index (χ2n) is 4.41. The third kappa shape index (κ3) is 4.85. The first-order chi connectivity index (χ1) is 8.67. The summed E-state index contributed by atoms with van der Waals surface area (Å²) in [7, 11) is 0. The van der Waals surface area contributed by atoms with Crippen molar-refractivity contribution in [1.82, 2.24) is 0 Å². The normalized spacial score (nSPS) is 12.2. The van der Waals surface area contributed by atoms with Gasteiger partial charge in [-0.2, -0.15) is 0 Å². The molecule has 100 valence electrons. The molecule has 0 fully saturated rings. The standard InChI is InChI=1S/C14H22N2O2/c1-2-5-13(15)14(18)16-12-8-3-6-11(10-12)7-4-9-17/h3,6,8,10,13,17H,2,4-5,7,9,15H2,1H3,(H,16,18). The Morgan fingerprint density at radius 3 is 2.94 bits per heavy atom. The lowest BCUT2D eigenvalue weighted by Crippen LogP contribution is -2.35. The molecule has 0 aromatic heterocycles. The van der Waals surface area contributed by atoms with Crippen LogP contribution in [0.2, 0.25) is 0 Å². The molecule has 0 aliphatic rings. The predicted molar refractivity (Wildman–Crippen MR) is 73.4 cm³/mol. The van der Waals surface area contributed by atoms with Crippen LogP contribution >= 0.6 is 0 Å². The van der Waals surface area contributed by atoms with Crippen molar-refractivity contribution in [2.75, 3.05) is 11.9 Å². The first-order valence-electron chi connectivity index (χ1n) is 6.43. The third-order valence-electron chi connectivity index (χ3n) is 2.75. The first kappa shape index (κ1) is 14.7. The van der Waals surface area contributed by atoms with E-state index in [1.54, 1.807) is 0 Å². The van der Waals surface area contributed by atoms with Gasteiger partial charge in [0.15, 0.2) is 0 Å². The molecule has 1 amide bonds. The SMILES string of the molecule is CCCC(N)C(=O)Nc1cccc(CCCO)c1. The maximum absolute atomic E-state index is 11.8. The van der Waals surface area contributed by atoms with Gasteiger partial charge in [0.1, 0.15) is 0 Å². The zero-order chi connectivity index (χ0) is 13.4. The lowest BCUT2D eigenvalue weighted by molar-refractivity contribution is -0.117. The average molecular weight is 250 g/mol. The summed E-state index contributed by atoms with van der Waals surface area (Å²) in [5, 5.41) is 11.6. The highest BCUT2D eigenvalue weighted by Gasteiger charge is 2.12. The largest absolute Gasteiger partial charge is 0.396 e. The number of rotatable bonds is 7. The van der Waals surface area contributed by atoms with Crippen LogP contribution in [0.4, 0.5) is 5.69 Å². The van der Waals surface area contributed by atoms with Gasteiger partial charge in [-0.1, -0.05) is 25.5 Å². The number of carbonyl (C=O) groups excluding carboxylic acids is 1. The van der Waals surface area contributed by atoms with Crippen LogP contribution in [0.5, 0.6) is 0 Å². The van der Waals surface area contributed by atoms with Crippen molar-refractivity contribution in [1.29, 1.82) is 0 Å². The van der Waals surface area contributed by atoms with E-state index in [0.717, 1.165) is 30.5 Å². The molecular weight excluding hydrogens is 228 g/mol. The van der Waals surface area contributed by atoms with Gasteiger partial charge in [-0.05, 0) is 37.0 Å². The smallest absolute Gasteiger partial charge is 0.241 e. The summed E-state index contributed by atoms with van der Waals surface area (Å²) in [6, 6.07) is 7.20. The van der Waals surface area contributed by atoms with Crippen molar-refractivity contribution in [3.05, 3.63) is 29.8 Å². The van der Waals surface area contributed by atoms with Crippen molar-refractivity contribution in [3.8, 4) is 0 Å². The van der Waals surface area contributed by atoms with E-state index >= 15 is 0 Å². The zero-order valence-electron chi connectivity index (χ0n) is 10.9. The molecule has 1 unspecified atom stereocenters. The molecule has 1 atom stereocenters. The van der Waals surface area contributed by atoms with Gasteiger partial charge in [0.25, 0.3) is 0 Å². The molecule has 4 N–H and O–H groups in total. The average Bonchev–Trinajstić information content (AvgIpc) is 2.37. The Hall–Kier alpha value is -1.39. The molecule has 0 aliphatic heterocycles. The van der Waals surface area contributed by atoms with E-state index in [1.165, 1.54) is 0 Å². The van der Waals surface area contributed by atoms with Crippen LogP contribution in [0.25, 0.3) is 0 Å². The van der Waals surface area contributed by atoms with E-state index in [-0.39, 0.29) is 12.5 Å². The number of anilines is 1. The Labute approximate surface area is 108 Å². The Bertz CT molecular complexity index is 380. The molecule has 1 rings (SSSR count). The molecule has 0 heterocycles. The molecule has 0 spiro atoms. The van der Waals surface area contributed by atoms with Crippen molar-refractivity contribution in [3.63, 3.8) is 0 Å². The number of aliphatic hydroxyl groups is 1. The number of aryl methyl sites for hydroxylation is 1. The van der Waals surface area contributed by atoms with Crippen LogP contribution in [0.3, 0.4) is 0 Å². The summed E-state index contributed by atoms with van der Waals surface area (Å²) >= 11 is 0. The molecule has 0 saturated carbocycles. The first-order valence-corrected chi connectivity index (χ1v) is 6.43. The monoisotopic (exact) mass is 250 g/mol. The Kier molecular flexibility index (Phi) is 6.39. The molecule has 0 aliphatic carbocycles. The number of benzene rings is 1. The summed E-state index contributed by atoms with van der Waals surface area (Å²) in [6.45, 7) is 2.18. The van der Waals surface area contributed by atoms with E-state index in [0.29, 0.717) is 6.42 Å². The van der Waals surface area contributed by atoms with E-state index < -0.39 is 6.04 Å². The second kappa shape index (κ2) is 7.84. The van der Waals surface area contributed by atoms with Gasteiger partial charge in [-0.25, -0.2) is 0 Å². The summed E-state index contributed by atoms with van der Waals surface area (Å²) in [5.41, 5.74) is 7.62. The molecule has 4 heteroatoms. The number of hydrogen-bond acceptors (Lipinski definition) is 3. The van der Waals surface area contributed by atoms with Gasteiger partial charge in [0.2, 0.25) is 5.91 Å². The number of aliphatic hydroxyl groups excluding tert-OH is 1. The van der Waals surface area contributed by atoms with Crippen molar-refractivity contribution >= 4 is 11.6 Å². The van der Waals surface area contributed by atoms with Crippen LogP contribution in [-0.4, -0.2) is 23.7 Å². The summed E-state index contributed by atoms with van der Waals surface area (Å²) < 4.78 is 0. The van der Waals surface area contributed by atoms with Gasteiger partial charge in [-0.3, -0.25) is 4.79 Å². The van der Waals surface area contributed by atoms with E-state index in [1.807, 2.05) is 31.2 Å². The van der Waals surface area contributed by atoms with Crippen LogP contribution in [0.1, 0.15) is 31.7 Å². The molecule has 0 bridgehead atoms. The molecular formula is C14H22N2O2. The number of hydrogen-bond donors (Lipinski definition) is 3. The van der Waals surface area contributed by atoms with Crippen LogP contribution in [0, 0.1) is 0 Å². The topological polar surface area (TPSA) is 75.4 Å². The maximum atomic E-state index is 11.8. The molecule has 4 nitrogen and oxygen atoms in total. The fraction of sp³-hybridized carbons (Fsp3) is 0.500. The minimum atomic E-state index is -0.448. The van der Waals surface area contributed by atoms with Crippen molar-refractivity contribution < 1.29 is 9.90 Å². The van der Waals surface area contributed by atoms with E-state index in [9.17, 15) is 4.79 Å². The van der Waals surface area contributed by atoms with E-state index in [2.05, 4.69) is 5.32 Å². The minimum absolute atomic E-state index is 0.142. The number of amides is 1. The molecule has 18 heavy (non-hydrogen) atoms. The molecule has 0 saturated heterocycles. The summed E-state index contributed by atoms with van der Waals surface area (Å²) in [5.74, 6) is -0.142. The van der Waals surface area contributed by atoms with Crippen molar-refractivity contribution in [2.24, 2.45) is 5.73 Å². The Morgan fingerprint density at radius 1 is 1.50 bits per heavy atom. The lowest BCUT2D eigenvalue weighted by atomic mass is 10.1. The van der Waals surface area contributed by atoms with Crippen molar-refractivity contribution in [2.45, 2.75) is 38.6 Å². The summed E-state index contributed by atoms with van der Waals surface area (Å²) in [6.07, 6.45) is 3.12. The Balaban J connectivity index is 2.58. The Morgan fingerprint density at radius 2 is 2.28 bits per heavy atom. The second-order valence-corrected chi connectivity index (χ2v) is 4.41. The zero-order valence-corrected chi connectivity index (χ0v) is 10.9. The van der Waals surface area contributed by atoms with Gasteiger partial charge < -0.3 is 16.2 Å². The van der Waals surface area contributed by atoms with Crippen LogP contribution < -0.4 is 11.1 Å². The molecule has 0 radical (unpaired) electrons. The number of carbonyl (C=O) groups is 1. The van der Waals surface area contributed by atoms with Gasteiger partial charge in [0, 0.05) is 12.3 Å². The van der Waals surface area contributed by atoms with Crippen LogP contribution in [0.15, 0.2) is 24.3 Å². The van der Waals surface area contributed by atoms with Gasteiger partial charge in [0.05, 0.1) is 6.04 Å². The fourth-order valence-electron chi connectivity index (χ4n) is 1.76. The number of nitrogens with one attached hydrogen (secondary N) is 1. The van der Waals surface area contributed by atoms with Gasteiger partial charge >= 0.3 is 0 Å². The minimum Gasteiger partial charge on any atom is -0.396 e. The molecule has 1 aromatic rings. The third-order valence-corrected chi connectivity index (χ3v) is 2.75. The highest BCUT2D eigenvalue weighted by atomic mass is 16.2. The maximum Gasteiger partial charge on any atom is 0.241 e. The fourth-order valence-corrected chi connectivity index (χ4v) is 1.76. The van der Waals surface area contributed by atoms with E-state index in [4.69, 9.17) is 10.8 Å². The highest BCUT2D eigenvalue weighted by Crippen LogP contribution is 2.12. The van der Waals surface area contributed by atoms with Crippen LogP contribution in [-0.2, 0) is 11.2 Å². The quantitative estimate of drug-likeness (QED) is 0.689. The molecule has 1 aromatic carbocycles. The lowest BCUT2D eigenvalue weighted by Gasteiger charge is -2.12. The predicted octanol–water partition coefficient (Wildman–Crippen LogP) is 1.68. The number of nitrogens with two attached hydrogens (primary N) is 1.